The highest BCUT2D eigenvalue weighted by atomic mass is 16.1. The molecular formula is C15H30N2O. The molecule has 0 aliphatic heterocycles. The minimum atomic E-state index is 0.0749. The van der Waals surface area contributed by atoms with E-state index < -0.39 is 0 Å². The topological polar surface area (TPSA) is 55.1 Å². The van der Waals surface area contributed by atoms with Crippen molar-refractivity contribution >= 4 is 5.91 Å². The summed E-state index contributed by atoms with van der Waals surface area (Å²) in [4.78, 5) is 11.8. The maximum atomic E-state index is 11.8. The number of carbonyl (C=O) groups is 1. The number of hydrogen-bond donors (Lipinski definition) is 2. The van der Waals surface area contributed by atoms with Gasteiger partial charge >= 0.3 is 0 Å². The molecule has 1 amide bonds. The van der Waals surface area contributed by atoms with Gasteiger partial charge in [-0.15, -0.1) is 0 Å². The van der Waals surface area contributed by atoms with E-state index in [4.69, 9.17) is 5.73 Å². The Labute approximate surface area is 112 Å². The molecule has 0 aromatic carbocycles. The van der Waals surface area contributed by atoms with Crippen molar-refractivity contribution in [2.45, 2.75) is 71.3 Å². The minimum Gasteiger partial charge on any atom is -0.356 e. The van der Waals surface area contributed by atoms with Gasteiger partial charge in [-0.05, 0) is 25.2 Å². The van der Waals surface area contributed by atoms with Gasteiger partial charge in [0.1, 0.15) is 0 Å². The van der Waals surface area contributed by atoms with Crippen molar-refractivity contribution in [1.82, 2.24) is 5.32 Å². The lowest BCUT2D eigenvalue weighted by molar-refractivity contribution is -0.125. The Morgan fingerprint density at radius 3 is 2.56 bits per heavy atom. The van der Waals surface area contributed by atoms with E-state index in [0.29, 0.717) is 0 Å². The molecule has 0 spiro atoms. The van der Waals surface area contributed by atoms with Crippen LogP contribution in [-0.4, -0.2) is 18.5 Å². The molecule has 0 aromatic heterocycles. The second-order valence-corrected chi connectivity index (χ2v) is 6.09. The fourth-order valence-electron chi connectivity index (χ4n) is 2.69. The van der Waals surface area contributed by atoms with Gasteiger partial charge in [-0.1, -0.05) is 46.0 Å². The zero-order chi connectivity index (χ0) is 13.4. The molecule has 106 valence electrons. The predicted octanol–water partition coefficient (Wildman–Crippen LogP) is 2.84. The van der Waals surface area contributed by atoms with E-state index >= 15 is 0 Å². The van der Waals surface area contributed by atoms with Crippen molar-refractivity contribution in [3.8, 4) is 0 Å². The molecule has 0 saturated heterocycles. The highest BCUT2D eigenvalue weighted by Crippen LogP contribution is 2.23. The van der Waals surface area contributed by atoms with Gasteiger partial charge in [-0.2, -0.15) is 0 Å². The van der Waals surface area contributed by atoms with Gasteiger partial charge in [-0.3, -0.25) is 4.79 Å². The first-order valence-corrected chi connectivity index (χ1v) is 7.64. The van der Waals surface area contributed by atoms with Crippen molar-refractivity contribution in [3.63, 3.8) is 0 Å². The molecule has 3 heteroatoms. The molecule has 2 unspecified atom stereocenters. The second kappa shape index (κ2) is 8.52. The second-order valence-electron chi connectivity index (χ2n) is 6.09. The zero-order valence-electron chi connectivity index (χ0n) is 12.1. The Morgan fingerprint density at radius 2 is 1.94 bits per heavy atom. The lowest BCUT2D eigenvalue weighted by atomic mass is 10.0. The summed E-state index contributed by atoms with van der Waals surface area (Å²) in [5.74, 6) is 1.07. The Morgan fingerprint density at radius 1 is 1.22 bits per heavy atom. The standard InChI is InChI=1S/C15H30N2O/c1-12(2)8-5-3-4-6-11-17-15(18)13-9-7-10-14(13)16/h12-14H,3-11,16H2,1-2H3,(H,17,18). The molecule has 3 N–H and O–H groups in total. The first-order valence-electron chi connectivity index (χ1n) is 7.64. The van der Waals surface area contributed by atoms with Crippen LogP contribution in [0.25, 0.3) is 0 Å². The molecule has 0 radical (unpaired) electrons. The number of amides is 1. The summed E-state index contributed by atoms with van der Waals surface area (Å²) in [6, 6.07) is 0.0936. The number of rotatable bonds is 8. The van der Waals surface area contributed by atoms with E-state index in [-0.39, 0.29) is 17.9 Å². The highest BCUT2D eigenvalue weighted by Gasteiger charge is 2.29. The number of carbonyl (C=O) groups excluding carboxylic acids is 1. The van der Waals surface area contributed by atoms with Crippen LogP contribution in [0.15, 0.2) is 0 Å². The molecule has 1 aliphatic carbocycles. The molecule has 0 bridgehead atoms. The lowest BCUT2D eigenvalue weighted by Gasteiger charge is -2.15. The molecule has 0 heterocycles. The molecule has 1 fully saturated rings. The fraction of sp³-hybridized carbons (Fsp3) is 0.933. The summed E-state index contributed by atoms with van der Waals surface area (Å²) in [5.41, 5.74) is 5.92. The molecular weight excluding hydrogens is 224 g/mol. The Kier molecular flexibility index (Phi) is 7.33. The van der Waals surface area contributed by atoms with Gasteiger partial charge in [0.2, 0.25) is 5.91 Å². The third-order valence-electron chi connectivity index (χ3n) is 3.91. The maximum absolute atomic E-state index is 11.8. The Hall–Kier alpha value is -0.570. The lowest BCUT2D eigenvalue weighted by Crippen LogP contribution is -2.38. The Balaban J connectivity index is 1.96. The van der Waals surface area contributed by atoms with Crippen molar-refractivity contribution in [2.75, 3.05) is 6.54 Å². The minimum absolute atomic E-state index is 0.0749. The zero-order valence-corrected chi connectivity index (χ0v) is 12.1. The van der Waals surface area contributed by atoms with E-state index in [1.165, 1.54) is 25.7 Å². The molecule has 2 atom stereocenters. The predicted molar refractivity (Wildman–Crippen MR) is 76.2 cm³/mol. The number of nitrogens with two attached hydrogens (primary N) is 1. The number of hydrogen-bond acceptors (Lipinski definition) is 2. The van der Waals surface area contributed by atoms with Gasteiger partial charge in [0.25, 0.3) is 0 Å². The van der Waals surface area contributed by atoms with Crippen molar-refractivity contribution in [3.05, 3.63) is 0 Å². The van der Waals surface area contributed by atoms with E-state index in [0.717, 1.165) is 38.1 Å². The van der Waals surface area contributed by atoms with Crippen LogP contribution in [0.3, 0.4) is 0 Å². The van der Waals surface area contributed by atoms with E-state index in [2.05, 4.69) is 19.2 Å². The number of nitrogens with one attached hydrogen (secondary N) is 1. The van der Waals surface area contributed by atoms with E-state index in [1.54, 1.807) is 0 Å². The van der Waals surface area contributed by atoms with Crippen LogP contribution in [0.5, 0.6) is 0 Å². The van der Waals surface area contributed by atoms with Gasteiger partial charge in [0.05, 0.1) is 5.92 Å². The van der Waals surface area contributed by atoms with Crippen molar-refractivity contribution in [1.29, 1.82) is 0 Å². The maximum Gasteiger partial charge on any atom is 0.224 e. The highest BCUT2D eigenvalue weighted by molar-refractivity contribution is 5.79. The fourth-order valence-corrected chi connectivity index (χ4v) is 2.69. The summed E-state index contributed by atoms with van der Waals surface area (Å²) in [6.45, 7) is 5.36. The first-order chi connectivity index (χ1) is 8.61. The monoisotopic (exact) mass is 254 g/mol. The normalized spacial score (nSPS) is 23.6. The summed E-state index contributed by atoms with van der Waals surface area (Å²) in [7, 11) is 0. The Bertz CT molecular complexity index is 241. The van der Waals surface area contributed by atoms with Crippen LogP contribution in [0.4, 0.5) is 0 Å². The third-order valence-corrected chi connectivity index (χ3v) is 3.91. The van der Waals surface area contributed by atoms with Gasteiger partial charge in [-0.25, -0.2) is 0 Å². The molecule has 18 heavy (non-hydrogen) atoms. The average Bonchev–Trinajstić information content (AvgIpc) is 2.73. The summed E-state index contributed by atoms with van der Waals surface area (Å²) >= 11 is 0. The van der Waals surface area contributed by atoms with E-state index in [9.17, 15) is 4.79 Å². The summed E-state index contributed by atoms with van der Waals surface area (Å²) in [6.07, 6.45) is 9.35. The van der Waals surface area contributed by atoms with Crippen molar-refractivity contribution in [2.24, 2.45) is 17.6 Å². The van der Waals surface area contributed by atoms with Gasteiger partial charge in [0.15, 0.2) is 0 Å². The number of unbranched alkanes of at least 4 members (excludes halogenated alkanes) is 3. The third kappa shape index (κ3) is 5.85. The quantitative estimate of drug-likeness (QED) is 0.654. The van der Waals surface area contributed by atoms with Crippen LogP contribution >= 0.6 is 0 Å². The largest absolute Gasteiger partial charge is 0.356 e. The summed E-state index contributed by atoms with van der Waals surface area (Å²) in [5, 5.41) is 3.04. The van der Waals surface area contributed by atoms with E-state index in [1.807, 2.05) is 0 Å². The van der Waals surface area contributed by atoms with Gasteiger partial charge < -0.3 is 11.1 Å². The van der Waals surface area contributed by atoms with Crippen LogP contribution in [0.1, 0.15) is 65.2 Å². The van der Waals surface area contributed by atoms with Crippen LogP contribution in [0, 0.1) is 11.8 Å². The van der Waals surface area contributed by atoms with Crippen LogP contribution < -0.4 is 11.1 Å². The molecule has 1 rings (SSSR count). The average molecular weight is 254 g/mol. The van der Waals surface area contributed by atoms with Gasteiger partial charge in [0, 0.05) is 12.6 Å². The molecule has 1 aliphatic rings. The SMILES string of the molecule is CC(C)CCCCCCNC(=O)C1CCCC1N. The smallest absolute Gasteiger partial charge is 0.224 e. The molecule has 0 aromatic rings. The van der Waals surface area contributed by atoms with Crippen molar-refractivity contribution < 1.29 is 4.79 Å². The van der Waals surface area contributed by atoms with Crippen LogP contribution in [-0.2, 0) is 4.79 Å². The molecule has 3 nitrogen and oxygen atoms in total. The summed E-state index contributed by atoms with van der Waals surface area (Å²) < 4.78 is 0. The van der Waals surface area contributed by atoms with Crippen LogP contribution in [0.2, 0.25) is 0 Å². The molecule has 1 saturated carbocycles. The first kappa shape index (κ1) is 15.5.